The minimum atomic E-state index is -0.375. The Morgan fingerprint density at radius 3 is 2.67 bits per heavy atom. The Hall–Kier alpha value is -2.73. The molecule has 3 aromatic rings. The van der Waals surface area contributed by atoms with Gasteiger partial charge in [0.15, 0.2) is 0 Å². The molecular formula is C18H16N2O3S. The first-order valence-corrected chi connectivity index (χ1v) is 8.21. The summed E-state index contributed by atoms with van der Waals surface area (Å²) in [5.41, 5.74) is 3.26. The minimum absolute atomic E-state index is 0.149. The lowest BCUT2D eigenvalue weighted by atomic mass is 10.1. The van der Waals surface area contributed by atoms with E-state index in [4.69, 9.17) is 9.47 Å². The summed E-state index contributed by atoms with van der Waals surface area (Å²) >= 11 is 1.58. The highest BCUT2D eigenvalue weighted by Gasteiger charge is 2.09. The number of benzene rings is 1. The fraction of sp³-hybridized carbons (Fsp3) is 0.167. The molecule has 0 aliphatic rings. The van der Waals surface area contributed by atoms with Gasteiger partial charge in [-0.15, -0.1) is 11.3 Å². The molecule has 0 bridgehead atoms. The van der Waals surface area contributed by atoms with Crippen LogP contribution in [0.2, 0.25) is 0 Å². The van der Waals surface area contributed by atoms with Crippen LogP contribution >= 0.6 is 11.3 Å². The number of carbonyl (C=O) groups excluding carboxylic acids is 1. The van der Waals surface area contributed by atoms with Gasteiger partial charge in [0, 0.05) is 28.4 Å². The van der Waals surface area contributed by atoms with E-state index in [0.717, 1.165) is 21.8 Å². The first kappa shape index (κ1) is 16.1. The summed E-state index contributed by atoms with van der Waals surface area (Å²) in [5.74, 6) is 0.256. The van der Waals surface area contributed by atoms with Crippen LogP contribution < -0.4 is 4.74 Å². The smallest absolute Gasteiger partial charge is 0.338 e. The lowest BCUT2D eigenvalue weighted by molar-refractivity contribution is 0.0472. The van der Waals surface area contributed by atoms with Crippen molar-refractivity contribution in [2.24, 2.45) is 0 Å². The topological polar surface area (TPSA) is 61.3 Å². The summed E-state index contributed by atoms with van der Waals surface area (Å²) in [6.45, 7) is 2.11. The fourth-order valence-electron chi connectivity index (χ4n) is 2.12. The van der Waals surface area contributed by atoms with Gasteiger partial charge in [-0.3, -0.25) is 4.98 Å². The molecule has 0 saturated carbocycles. The van der Waals surface area contributed by atoms with Gasteiger partial charge in [0.05, 0.1) is 18.9 Å². The Kier molecular flexibility index (Phi) is 4.86. The monoisotopic (exact) mass is 340 g/mol. The quantitative estimate of drug-likeness (QED) is 0.660. The van der Waals surface area contributed by atoms with Crippen molar-refractivity contribution in [2.75, 3.05) is 7.11 Å². The van der Waals surface area contributed by atoms with E-state index >= 15 is 0 Å². The van der Waals surface area contributed by atoms with Crippen LogP contribution in [0.1, 0.15) is 21.6 Å². The van der Waals surface area contributed by atoms with Gasteiger partial charge in [0.1, 0.15) is 17.4 Å². The third kappa shape index (κ3) is 3.78. The second-order valence-corrected chi connectivity index (χ2v) is 6.04. The molecule has 2 aromatic heterocycles. The molecule has 2 heterocycles. The summed E-state index contributed by atoms with van der Waals surface area (Å²) in [6.07, 6.45) is 3.24. The van der Waals surface area contributed by atoms with E-state index in [2.05, 4.69) is 9.97 Å². The van der Waals surface area contributed by atoms with Crippen LogP contribution in [0.4, 0.5) is 0 Å². The van der Waals surface area contributed by atoms with Crippen molar-refractivity contribution >= 4 is 17.3 Å². The summed E-state index contributed by atoms with van der Waals surface area (Å²) in [6, 6.07) is 9.04. The number of methoxy groups -OCH3 is 1. The molecule has 0 N–H and O–H groups in total. The van der Waals surface area contributed by atoms with Gasteiger partial charge < -0.3 is 9.47 Å². The number of hydrogen-bond acceptors (Lipinski definition) is 6. The maximum atomic E-state index is 12.1. The van der Waals surface area contributed by atoms with Gasteiger partial charge in [-0.25, -0.2) is 9.78 Å². The highest BCUT2D eigenvalue weighted by atomic mass is 32.1. The zero-order valence-electron chi connectivity index (χ0n) is 13.4. The first-order valence-electron chi connectivity index (χ1n) is 7.33. The molecule has 0 fully saturated rings. The number of rotatable bonds is 5. The number of hydrogen-bond donors (Lipinski definition) is 0. The fourth-order valence-corrected chi connectivity index (χ4v) is 2.93. The van der Waals surface area contributed by atoms with Crippen molar-refractivity contribution in [1.82, 2.24) is 9.97 Å². The molecule has 6 heteroatoms. The lowest BCUT2D eigenvalue weighted by Crippen LogP contribution is -2.05. The van der Waals surface area contributed by atoms with Crippen molar-refractivity contribution < 1.29 is 14.3 Å². The predicted octanol–water partition coefficient (Wildman–Crippen LogP) is 3.88. The van der Waals surface area contributed by atoms with E-state index in [1.807, 2.05) is 24.4 Å². The summed E-state index contributed by atoms with van der Waals surface area (Å²) in [7, 11) is 1.57. The summed E-state index contributed by atoms with van der Waals surface area (Å²) < 4.78 is 10.4. The van der Waals surface area contributed by atoms with Gasteiger partial charge in [0.2, 0.25) is 0 Å². The molecule has 0 aliphatic carbocycles. The van der Waals surface area contributed by atoms with Gasteiger partial charge in [0.25, 0.3) is 0 Å². The molecule has 0 amide bonds. The van der Waals surface area contributed by atoms with E-state index in [-0.39, 0.29) is 12.6 Å². The molecule has 0 saturated heterocycles. The number of thiazole rings is 1. The lowest BCUT2D eigenvalue weighted by Gasteiger charge is -2.06. The Bertz CT molecular complexity index is 843. The zero-order chi connectivity index (χ0) is 16.9. The number of carbonyl (C=O) groups is 1. The normalized spacial score (nSPS) is 10.4. The van der Waals surface area contributed by atoms with E-state index in [1.54, 1.807) is 49.0 Å². The summed E-state index contributed by atoms with van der Waals surface area (Å²) in [5, 5.41) is 2.94. The van der Waals surface area contributed by atoms with Crippen molar-refractivity contribution in [3.63, 3.8) is 0 Å². The number of ether oxygens (including phenoxy) is 2. The second-order valence-electron chi connectivity index (χ2n) is 5.18. The average Bonchev–Trinajstić information content (AvgIpc) is 3.06. The maximum absolute atomic E-state index is 12.1. The highest BCUT2D eigenvalue weighted by Crippen LogP contribution is 2.24. The van der Waals surface area contributed by atoms with Gasteiger partial charge in [-0.05, 0) is 25.1 Å². The van der Waals surface area contributed by atoms with Gasteiger partial charge >= 0.3 is 5.97 Å². The van der Waals surface area contributed by atoms with Crippen LogP contribution in [0, 0.1) is 6.92 Å². The third-order valence-corrected chi connectivity index (χ3v) is 4.37. The Balaban J connectivity index is 1.64. The molecule has 0 spiro atoms. The third-order valence-electron chi connectivity index (χ3n) is 3.36. The molecule has 0 radical (unpaired) electrons. The Morgan fingerprint density at radius 2 is 2.00 bits per heavy atom. The molecule has 24 heavy (non-hydrogen) atoms. The Morgan fingerprint density at radius 1 is 1.21 bits per heavy atom. The molecule has 3 rings (SSSR count). The molecule has 122 valence electrons. The molecule has 1 aromatic carbocycles. The van der Waals surface area contributed by atoms with E-state index in [0.29, 0.717) is 11.3 Å². The largest absolute Gasteiger partial charge is 0.495 e. The molecular weight excluding hydrogens is 324 g/mol. The van der Waals surface area contributed by atoms with Crippen molar-refractivity contribution in [3.05, 3.63) is 64.9 Å². The molecule has 5 nitrogen and oxygen atoms in total. The first-order chi connectivity index (χ1) is 11.7. The average molecular weight is 340 g/mol. The second kappa shape index (κ2) is 7.23. The standard InChI is InChI=1S/C18H16N2O3S/c1-12-11-24-17(20-12)14-3-5-15(6-4-14)18(21)23-10-13-7-16(22-2)9-19-8-13/h3-9,11H,10H2,1-2H3. The van der Waals surface area contributed by atoms with Crippen LogP contribution in [0.15, 0.2) is 48.1 Å². The van der Waals surface area contributed by atoms with Crippen molar-refractivity contribution in [2.45, 2.75) is 13.5 Å². The number of esters is 1. The van der Waals surface area contributed by atoms with Crippen LogP contribution in [-0.4, -0.2) is 23.0 Å². The van der Waals surface area contributed by atoms with Crippen LogP contribution in [-0.2, 0) is 11.3 Å². The Labute approximate surface area is 143 Å². The van der Waals surface area contributed by atoms with Gasteiger partial charge in [-0.2, -0.15) is 0 Å². The van der Waals surface area contributed by atoms with Crippen molar-refractivity contribution in [1.29, 1.82) is 0 Å². The number of pyridine rings is 1. The maximum Gasteiger partial charge on any atom is 0.338 e. The number of aryl methyl sites for hydroxylation is 1. The number of aromatic nitrogens is 2. The number of nitrogens with zero attached hydrogens (tertiary/aromatic N) is 2. The van der Waals surface area contributed by atoms with Crippen LogP contribution in [0.25, 0.3) is 10.6 Å². The molecule has 0 unspecified atom stereocenters. The van der Waals surface area contributed by atoms with Gasteiger partial charge in [-0.1, -0.05) is 12.1 Å². The zero-order valence-corrected chi connectivity index (χ0v) is 14.2. The van der Waals surface area contributed by atoms with Crippen LogP contribution in [0.5, 0.6) is 5.75 Å². The molecule has 0 aliphatic heterocycles. The van der Waals surface area contributed by atoms with E-state index in [9.17, 15) is 4.79 Å². The van der Waals surface area contributed by atoms with E-state index in [1.165, 1.54) is 0 Å². The summed E-state index contributed by atoms with van der Waals surface area (Å²) in [4.78, 5) is 20.6. The highest BCUT2D eigenvalue weighted by molar-refractivity contribution is 7.13. The molecule has 0 atom stereocenters. The van der Waals surface area contributed by atoms with Crippen molar-refractivity contribution in [3.8, 4) is 16.3 Å². The minimum Gasteiger partial charge on any atom is -0.495 e. The van der Waals surface area contributed by atoms with Crippen LogP contribution in [0.3, 0.4) is 0 Å². The van der Waals surface area contributed by atoms with E-state index < -0.39 is 0 Å². The SMILES string of the molecule is COc1cncc(COC(=O)c2ccc(-c3nc(C)cs3)cc2)c1. The predicted molar refractivity (Wildman–Crippen MR) is 92.2 cm³/mol.